The molecule has 0 spiro atoms. The van der Waals surface area contributed by atoms with Crippen LogP contribution in [0.25, 0.3) is 10.9 Å². The number of amides is 2. The number of nitrogens with one attached hydrogen (secondary N) is 1. The van der Waals surface area contributed by atoms with Crippen molar-refractivity contribution in [1.29, 1.82) is 0 Å². The Balaban J connectivity index is 1.53. The van der Waals surface area contributed by atoms with Crippen molar-refractivity contribution in [3.8, 4) is 0 Å². The van der Waals surface area contributed by atoms with E-state index in [1.54, 1.807) is 17.0 Å². The van der Waals surface area contributed by atoms with Crippen molar-refractivity contribution in [3.63, 3.8) is 0 Å². The minimum Gasteiger partial charge on any atom is -0.361 e. The van der Waals surface area contributed by atoms with Crippen LogP contribution in [-0.2, 0) is 17.8 Å². The van der Waals surface area contributed by atoms with Crippen LogP contribution in [-0.4, -0.2) is 46.2 Å². The number of fused-ring (bicyclic) bond motifs is 1. The van der Waals surface area contributed by atoms with E-state index in [1.807, 2.05) is 71.8 Å². The number of carbonyl (C=O) groups excluding carboxylic acids is 2. The smallest absolute Gasteiger partial charge is 0.254 e. The number of para-hydroxylation sites is 1. The molecule has 0 atom stereocenters. The van der Waals surface area contributed by atoms with Crippen molar-refractivity contribution in [2.45, 2.75) is 26.8 Å². The van der Waals surface area contributed by atoms with Gasteiger partial charge in [0, 0.05) is 42.3 Å². The molecule has 3 aromatic carbocycles. The van der Waals surface area contributed by atoms with Crippen LogP contribution in [0.1, 0.15) is 35.3 Å². The topological polar surface area (TPSA) is 56.4 Å². The number of nitrogens with zero attached hydrogens (tertiary/aromatic N) is 2. The molecule has 0 aliphatic rings. The van der Waals surface area contributed by atoms with E-state index in [1.165, 1.54) is 10.9 Å². The van der Waals surface area contributed by atoms with Crippen LogP contribution in [0, 0.1) is 5.92 Å². The number of carbonyl (C=O) groups is 2. The number of benzene rings is 3. The highest BCUT2D eigenvalue weighted by Crippen LogP contribution is 2.19. The maximum absolute atomic E-state index is 13.6. The zero-order valence-corrected chi connectivity index (χ0v) is 20.5. The van der Waals surface area contributed by atoms with Gasteiger partial charge in [-0.15, -0.1) is 0 Å². The SMILES string of the molecule is CC(C)CN(CC(=O)N(CCc1c[nH]c2ccccc12)Cc1ccccc1)C(=O)c1ccccc1. The Morgan fingerprint density at radius 3 is 2.20 bits per heavy atom. The normalized spacial score (nSPS) is 11.1. The first-order chi connectivity index (χ1) is 17.0. The molecule has 0 radical (unpaired) electrons. The number of aromatic nitrogens is 1. The fraction of sp³-hybridized carbons (Fsp3) is 0.267. The molecule has 180 valence electrons. The van der Waals surface area contributed by atoms with Crippen LogP contribution < -0.4 is 0 Å². The van der Waals surface area contributed by atoms with E-state index in [2.05, 4.69) is 31.0 Å². The molecule has 1 heterocycles. The van der Waals surface area contributed by atoms with Crippen LogP contribution >= 0.6 is 0 Å². The van der Waals surface area contributed by atoms with Crippen LogP contribution in [0.3, 0.4) is 0 Å². The van der Waals surface area contributed by atoms with E-state index >= 15 is 0 Å². The Kier molecular flexibility index (Phi) is 7.99. The van der Waals surface area contributed by atoms with Crippen molar-refractivity contribution >= 4 is 22.7 Å². The third kappa shape index (κ3) is 6.38. The Hall–Kier alpha value is -3.86. The first kappa shape index (κ1) is 24.3. The van der Waals surface area contributed by atoms with Crippen LogP contribution in [0.4, 0.5) is 0 Å². The maximum atomic E-state index is 13.6. The van der Waals surface area contributed by atoms with Gasteiger partial charge in [-0.25, -0.2) is 0 Å². The number of H-pyrrole nitrogens is 1. The summed E-state index contributed by atoms with van der Waals surface area (Å²) in [5, 5.41) is 1.18. The molecule has 0 saturated heterocycles. The molecule has 4 aromatic rings. The molecular weight excluding hydrogens is 434 g/mol. The van der Waals surface area contributed by atoms with Gasteiger partial charge in [0.25, 0.3) is 5.91 Å². The van der Waals surface area contributed by atoms with E-state index in [4.69, 9.17) is 0 Å². The summed E-state index contributed by atoms with van der Waals surface area (Å²) in [6.07, 6.45) is 2.76. The highest BCUT2D eigenvalue weighted by Gasteiger charge is 2.23. The number of aromatic amines is 1. The van der Waals surface area contributed by atoms with Gasteiger partial charge in [0.2, 0.25) is 5.91 Å². The van der Waals surface area contributed by atoms with Crippen LogP contribution in [0.15, 0.2) is 91.1 Å². The Morgan fingerprint density at radius 1 is 0.829 bits per heavy atom. The van der Waals surface area contributed by atoms with Gasteiger partial charge in [0.15, 0.2) is 0 Å². The van der Waals surface area contributed by atoms with E-state index in [0.29, 0.717) is 25.2 Å². The van der Waals surface area contributed by atoms with Crippen molar-refractivity contribution < 1.29 is 9.59 Å². The third-order valence-corrected chi connectivity index (χ3v) is 6.11. The zero-order chi connectivity index (χ0) is 24.6. The number of hydrogen-bond acceptors (Lipinski definition) is 2. The van der Waals surface area contributed by atoms with E-state index in [0.717, 1.165) is 17.5 Å². The predicted molar refractivity (Wildman–Crippen MR) is 141 cm³/mol. The van der Waals surface area contributed by atoms with Gasteiger partial charge in [-0.2, -0.15) is 0 Å². The molecule has 4 rings (SSSR count). The van der Waals surface area contributed by atoms with Crippen LogP contribution in [0.5, 0.6) is 0 Å². The third-order valence-electron chi connectivity index (χ3n) is 6.11. The average Bonchev–Trinajstić information content (AvgIpc) is 3.29. The minimum absolute atomic E-state index is 0.0429. The monoisotopic (exact) mass is 467 g/mol. The molecule has 5 nitrogen and oxygen atoms in total. The average molecular weight is 468 g/mol. The molecule has 1 N–H and O–H groups in total. The first-order valence-electron chi connectivity index (χ1n) is 12.2. The van der Waals surface area contributed by atoms with Gasteiger partial charge in [0.05, 0.1) is 0 Å². The Morgan fingerprint density at radius 2 is 1.49 bits per heavy atom. The first-order valence-corrected chi connectivity index (χ1v) is 12.2. The lowest BCUT2D eigenvalue weighted by molar-refractivity contribution is -0.132. The van der Waals surface area contributed by atoms with Gasteiger partial charge in [-0.1, -0.05) is 80.6 Å². The van der Waals surface area contributed by atoms with E-state index in [-0.39, 0.29) is 24.3 Å². The lowest BCUT2D eigenvalue weighted by Gasteiger charge is -2.29. The summed E-state index contributed by atoms with van der Waals surface area (Å²) in [6.45, 7) is 5.80. The minimum atomic E-state index is -0.107. The Bertz CT molecular complexity index is 1250. The molecule has 0 fully saturated rings. The van der Waals surface area contributed by atoms with E-state index < -0.39 is 0 Å². The molecule has 0 bridgehead atoms. The molecule has 2 amide bonds. The molecule has 0 aliphatic heterocycles. The largest absolute Gasteiger partial charge is 0.361 e. The quantitative estimate of drug-likeness (QED) is 0.333. The fourth-order valence-corrected chi connectivity index (χ4v) is 4.38. The summed E-state index contributed by atoms with van der Waals surface area (Å²) in [4.78, 5) is 33.7. The highest BCUT2D eigenvalue weighted by atomic mass is 16.2. The summed E-state index contributed by atoms with van der Waals surface area (Å²) >= 11 is 0. The summed E-state index contributed by atoms with van der Waals surface area (Å²) in [6, 6.07) is 27.4. The second-order valence-corrected chi connectivity index (χ2v) is 9.36. The molecule has 0 aliphatic carbocycles. The summed E-state index contributed by atoms with van der Waals surface area (Å²) in [5.74, 6) is 0.104. The fourth-order valence-electron chi connectivity index (χ4n) is 4.38. The van der Waals surface area contributed by atoms with E-state index in [9.17, 15) is 9.59 Å². The molecular formula is C30H33N3O2. The standard InChI is InChI=1S/C30H33N3O2/c1-23(2)20-33(30(35)25-13-7-4-8-14-25)22-29(34)32(21-24-11-5-3-6-12-24)18-17-26-19-31-28-16-10-9-15-27(26)28/h3-16,19,23,31H,17-18,20-22H2,1-2H3. The van der Waals surface area contributed by atoms with Gasteiger partial charge < -0.3 is 14.8 Å². The van der Waals surface area contributed by atoms with Crippen molar-refractivity contribution in [2.75, 3.05) is 19.6 Å². The lowest BCUT2D eigenvalue weighted by Crippen LogP contribution is -2.44. The second kappa shape index (κ2) is 11.5. The molecule has 35 heavy (non-hydrogen) atoms. The predicted octanol–water partition coefficient (Wildman–Crippen LogP) is 5.54. The zero-order valence-electron chi connectivity index (χ0n) is 20.5. The lowest BCUT2D eigenvalue weighted by atomic mass is 10.1. The van der Waals surface area contributed by atoms with Gasteiger partial charge in [0.1, 0.15) is 6.54 Å². The molecule has 0 unspecified atom stereocenters. The van der Waals surface area contributed by atoms with Gasteiger partial charge >= 0.3 is 0 Å². The Labute approximate surface area is 207 Å². The molecule has 1 aromatic heterocycles. The van der Waals surface area contributed by atoms with Crippen LogP contribution in [0.2, 0.25) is 0 Å². The number of hydrogen-bond donors (Lipinski definition) is 1. The maximum Gasteiger partial charge on any atom is 0.254 e. The van der Waals surface area contributed by atoms with Gasteiger partial charge in [-0.05, 0) is 41.7 Å². The number of rotatable bonds is 10. The molecule has 0 saturated carbocycles. The summed E-state index contributed by atoms with van der Waals surface area (Å²) in [7, 11) is 0. The summed E-state index contributed by atoms with van der Waals surface area (Å²) in [5.41, 5.74) is 3.96. The van der Waals surface area contributed by atoms with Crippen molar-refractivity contribution in [3.05, 3.63) is 108 Å². The van der Waals surface area contributed by atoms with Crippen molar-refractivity contribution in [1.82, 2.24) is 14.8 Å². The second-order valence-electron chi connectivity index (χ2n) is 9.36. The highest BCUT2D eigenvalue weighted by molar-refractivity contribution is 5.96. The van der Waals surface area contributed by atoms with Gasteiger partial charge in [-0.3, -0.25) is 9.59 Å². The molecule has 5 heteroatoms. The van der Waals surface area contributed by atoms with Crippen molar-refractivity contribution in [2.24, 2.45) is 5.92 Å². The summed E-state index contributed by atoms with van der Waals surface area (Å²) < 4.78 is 0.